The molecule has 1 rings (SSSR count). The minimum atomic E-state index is -1.09. The second-order valence-electron chi connectivity index (χ2n) is 2.64. The van der Waals surface area contributed by atoms with Gasteiger partial charge in [0, 0.05) is 0 Å². The van der Waals surface area contributed by atoms with Crippen molar-refractivity contribution < 1.29 is 19.1 Å². The second kappa shape index (κ2) is 4.28. The number of hydrogen-bond donors (Lipinski definition) is 2. The first kappa shape index (κ1) is 10.8. The van der Waals surface area contributed by atoms with E-state index in [1.807, 2.05) is 0 Å². The fourth-order valence-corrected chi connectivity index (χ4v) is 1.07. The molecule has 2 N–H and O–H groups in total. The molecule has 0 saturated carbocycles. The van der Waals surface area contributed by atoms with E-state index < -0.39 is 17.9 Å². The third-order valence-corrected chi connectivity index (χ3v) is 1.94. The van der Waals surface area contributed by atoms with Crippen molar-refractivity contribution in [3.63, 3.8) is 0 Å². The zero-order valence-corrected chi connectivity index (χ0v) is 8.87. The molecule has 1 amide bonds. The number of rotatable bonds is 3. The monoisotopic (exact) mass is 261 g/mol. The lowest BCUT2D eigenvalue weighted by Gasteiger charge is -2.06. The Hall–Kier alpha value is -1.30. The molecule has 0 saturated heterocycles. The van der Waals surface area contributed by atoms with Crippen LogP contribution in [0.1, 0.15) is 17.5 Å². The lowest BCUT2D eigenvalue weighted by atomic mass is 10.3. The van der Waals surface area contributed by atoms with Gasteiger partial charge in [-0.2, -0.15) is 0 Å². The largest absolute Gasteiger partial charge is 0.480 e. The van der Waals surface area contributed by atoms with E-state index in [1.54, 1.807) is 6.07 Å². The van der Waals surface area contributed by atoms with Gasteiger partial charge < -0.3 is 14.8 Å². The molecular formula is C8H8BrNO4. The molecule has 0 bridgehead atoms. The number of carbonyl (C=O) groups excluding carboxylic acids is 1. The van der Waals surface area contributed by atoms with E-state index in [0.29, 0.717) is 4.67 Å². The smallest absolute Gasteiger partial charge is 0.325 e. The van der Waals surface area contributed by atoms with Gasteiger partial charge in [-0.3, -0.25) is 9.59 Å². The Morgan fingerprint density at radius 2 is 2.21 bits per heavy atom. The van der Waals surface area contributed by atoms with Crippen molar-refractivity contribution in [3.05, 3.63) is 22.6 Å². The molecule has 0 unspecified atom stereocenters. The zero-order valence-electron chi connectivity index (χ0n) is 7.28. The number of nitrogens with one attached hydrogen (secondary N) is 1. The highest BCUT2D eigenvalue weighted by molar-refractivity contribution is 9.10. The number of amides is 1. The zero-order chi connectivity index (χ0) is 10.7. The highest BCUT2D eigenvalue weighted by Crippen LogP contribution is 2.13. The molecule has 6 heteroatoms. The van der Waals surface area contributed by atoms with Gasteiger partial charge in [0.15, 0.2) is 10.4 Å². The van der Waals surface area contributed by atoms with Crippen LogP contribution in [-0.2, 0) is 4.79 Å². The van der Waals surface area contributed by atoms with Crippen LogP contribution in [0.5, 0.6) is 0 Å². The van der Waals surface area contributed by atoms with Crippen LogP contribution in [0.15, 0.2) is 21.2 Å². The summed E-state index contributed by atoms with van der Waals surface area (Å²) in [6.45, 7) is 1.37. The van der Waals surface area contributed by atoms with Crippen LogP contribution in [0.3, 0.4) is 0 Å². The first-order valence-electron chi connectivity index (χ1n) is 3.79. The van der Waals surface area contributed by atoms with E-state index in [9.17, 15) is 9.59 Å². The number of aliphatic carboxylic acids is 1. The van der Waals surface area contributed by atoms with Gasteiger partial charge in [-0.25, -0.2) is 0 Å². The number of furan rings is 1. The van der Waals surface area contributed by atoms with Crippen molar-refractivity contribution in [2.24, 2.45) is 0 Å². The van der Waals surface area contributed by atoms with Gasteiger partial charge >= 0.3 is 5.97 Å². The van der Waals surface area contributed by atoms with Gasteiger partial charge in [0.1, 0.15) is 6.04 Å². The molecule has 5 nitrogen and oxygen atoms in total. The summed E-state index contributed by atoms with van der Waals surface area (Å²) in [7, 11) is 0. The topological polar surface area (TPSA) is 79.5 Å². The van der Waals surface area contributed by atoms with E-state index in [0.717, 1.165) is 0 Å². The van der Waals surface area contributed by atoms with E-state index in [2.05, 4.69) is 21.2 Å². The minimum absolute atomic E-state index is 0.0741. The Morgan fingerprint density at radius 3 is 2.64 bits per heavy atom. The Labute approximate surface area is 88.2 Å². The Morgan fingerprint density at radius 1 is 1.57 bits per heavy atom. The molecular weight excluding hydrogens is 254 g/mol. The van der Waals surface area contributed by atoms with Crippen molar-refractivity contribution in [3.8, 4) is 0 Å². The first-order valence-corrected chi connectivity index (χ1v) is 4.59. The number of carboxylic acids is 1. The fraction of sp³-hybridized carbons (Fsp3) is 0.250. The summed E-state index contributed by atoms with van der Waals surface area (Å²) in [5.74, 6) is -1.57. The quantitative estimate of drug-likeness (QED) is 0.858. The maximum Gasteiger partial charge on any atom is 0.325 e. The van der Waals surface area contributed by atoms with Crippen molar-refractivity contribution in [2.45, 2.75) is 13.0 Å². The van der Waals surface area contributed by atoms with Gasteiger partial charge in [-0.05, 0) is 35.0 Å². The summed E-state index contributed by atoms with van der Waals surface area (Å²) in [5, 5.41) is 10.8. The standard InChI is InChI=1S/C8H8BrNO4/c1-4(8(12)13)10-7(11)5-2-3-6(9)14-5/h2-4H,1H3,(H,10,11)(H,12,13)/t4-/m1/s1. The average Bonchev–Trinajstić information content (AvgIpc) is 2.51. The minimum Gasteiger partial charge on any atom is -0.480 e. The molecule has 1 aromatic rings. The van der Waals surface area contributed by atoms with Gasteiger partial charge in [0.25, 0.3) is 5.91 Å². The number of halogens is 1. The van der Waals surface area contributed by atoms with E-state index in [-0.39, 0.29) is 5.76 Å². The lowest BCUT2D eigenvalue weighted by Crippen LogP contribution is -2.38. The summed E-state index contributed by atoms with van der Waals surface area (Å²) < 4.78 is 5.36. The van der Waals surface area contributed by atoms with Crippen LogP contribution >= 0.6 is 15.9 Å². The van der Waals surface area contributed by atoms with Crippen molar-refractivity contribution >= 4 is 27.8 Å². The maximum atomic E-state index is 11.3. The number of hydrogen-bond acceptors (Lipinski definition) is 3. The molecule has 1 heterocycles. The molecule has 0 aliphatic heterocycles. The molecule has 0 radical (unpaired) electrons. The van der Waals surface area contributed by atoms with Crippen molar-refractivity contribution in [1.82, 2.24) is 5.32 Å². The molecule has 1 atom stereocenters. The third-order valence-electron chi connectivity index (χ3n) is 1.52. The Balaban J connectivity index is 2.63. The second-order valence-corrected chi connectivity index (χ2v) is 3.42. The van der Waals surface area contributed by atoms with E-state index >= 15 is 0 Å². The predicted octanol–water partition coefficient (Wildman–Crippen LogP) is 1.25. The summed E-state index contributed by atoms with van der Waals surface area (Å²) in [5.41, 5.74) is 0. The predicted molar refractivity (Wildman–Crippen MR) is 51.0 cm³/mol. The van der Waals surface area contributed by atoms with Crippen LogP contribution in [0.25, 0.3) is 0 Å². The van der Waals surface area contributed by atoms with Crippen LogP contribution in [0.2, 0.25) is 0 Å². The van der Waals surface area contributed by atoms with Crippen LogP contribution in [-0.4, -0.2) is 23.0 Å². The SMILES string of the molecule is C[C@@H](NC(=O)c1ccc(Br)o1)C(=O)O. The van der Waals surface area contributed by atoms with Crippen LogP contribution < -0.4 is 5.32 Å². The highest BCUT2D eigenvalue weighted by atomic mass is 79.9. The van der Waals surface area contributed by atoms with Crippen LogP contribution in [0.4, 0.5) is 0 Å². The summed E-state index contributed by atoms with van der Waals surface area (Å²) in [6, 6.07) is 2.07. The molecule has 0 aliphatic rings. The third kappa shape index (κ3) is 2.59. The molecule has 0 fully saturated rings. The normalized spacial score (nSPS) is 12.1. The molecule has 0 aromatic carbocycles. The fourth-order valence-electron chi connectivity index (χ4n) is 0.766. The highest BCUT2D eigenvalue weighted by Gasteiger charge is 2.17. The average molecular weight is 262 g/mol. The van der Waals surface area contributed by atoms with Gasteiger partial charge in [-0.15, -0.1) is 0 Å². The number of carbonyl (C=O) groups is 2. The van der Waals surface area contributed by atoms with Gasteiger partial charge in [-0.1, -0.05) is 0 Å². The van der Waals surface area contributed by atoms with E-state index in [4.69, 9.17) is 9.52 Å². The summed E-state index contributed by atoms with van der Waals surface area (Å²) in [6.07, 6.45) is 0. The molecule has 0 spiro atoms. The van der Waals surface area contributed by atoms with Crippen molar-refractivity contribution in [1.29, 1.82) is 0 Å². The first-order chi connectivity index (χ1) is 6.50. The molecule has 14 heavy (non-hydrogen) atoms. The number of carboxylic acid groups (broad SMARTS) is 1. The molecule has 1 aromatic heterocycles. The van der Waals surface area contributed by atoms with Gasteiger partial charge in [0.2, 0.25) is 0 Å². The van der Waals surface area contributed by atoms with Gasteiger partial charge in [0.05, 0.1) is 0 Å². The van der Waals surface area contributed by atoms with Crippen LogP contribution in [0, 0.1) is 0 Å². The Bertz CT molecular complexity index is 360. The Kier molecular flexibility index (Phi) is 3.29. The lowest BCUT2D eigenvalue weighted by molar-refractivity contribution is -0.138. The van der Waals surface area contributed by atoms with E-state index in [1.165, 1.54) is 13.0 Å². The summed E-state index contributed by atoms with van der Waals surface area (Å²) in [4.78, 5) is 21.7. The van der Waals surface area contributed by atoms with Crippen molar-refractivity contribution in [2.75, 3.05) is 0 Å². The maximum absolute atomic E-state index is 11.3. The molecule has 76 valence electrons. The summed E-state index contributed by atoms with van der Waals surface area (Å²) >= 11 is 3.03. The molecule has 0 aliphatic carbocycles.